The lowest BCUT2D eigenvalue weighted by molar-refractivity contribution is -0.121. The van der Waals surface area contributed by atoms with Gasteiger partial charge < -0.3 is 9.47 Å². The van der Waals surface area contributed by atoms with E-state index in [4.69, 9.17) is 13.7 Å². The van der Waals surface area contributed by atoms with Crippen molar-refractivity contribution in [1.82, 2.24) is 0 Å². The normalized spacial score (nSPS) is 18.8. The summed E-state index contributed by atoms with van der Waals surface area (Å²) in [5.74, 6) is 0.828. The summed E-state index contributed by atoms with van der Waals surface area (Å²) in [5, 5.41) is 0. The largest absolute Gasteiger partial charge is 0.494 e. The topological polar surface area (TPSA) is 78.9 Å². The average Bonchev–Trinajstić information content (AvgIpc) is 2.89. The van der Waals surface area contributed by atoms with Crippen molar-refractivity contribution in [2.75, 3.05) is 19.0 Å². The van der Waals surface area contributed by atoms with Crippen LogP contribution in [0.2, 0.25) is 0 Å². The highest BCUT2D eigenvalue weighted by Crippen LogP contribution is 2.29. The first kappa shape index (κ1) is 26.3. The minimum Gasteiger partial charge on any atom is -0.494 e. The standard InChI is InChI=1S/C28H30O6S2/c1-22-8-12-26(13-9-22)35(29)19-25-16-17-28(20-32-25,33-18-24-6-4-3-5-7-24)21-34-36(30,31)27-14-10-23(2)11-15-27/h3-16H,17-21H2,1-2H3/t28-,35+/m0/s1. The SMILES string of the molecule is Cc1ccc([S@](=O)CC2=CC[C@](COS(=O)(=O)c3ccc(C)cc3)(OCc3ccccc3)CO2)cc1. The van der Waals surface area contributed by atoms with E-state index in [0.29, 0.717) is 12.2 Å². The molecule has 190 valence electrons. The number of rotatable bonds is 10. The van der Waals surface area contributed by atoms with Gasteiger partial charge in [0.2, 0.25) is 0 Å². The van der Waals surface area contributed by atoms with Gasteiger partial charge in [-0.05, 0) is 49.8 Å². The van der Waals surface area contributed by atoms with Crippen molar-refractivity contribution in [2.45, 2.75) is 42.3 Å². The van der Waals surface area contributed by atoms with E-state index < -0.39 is 26.5 Å². The molecule has 36 heavy (non-hydrogen) atoms. The molecule has 1 aliphatic heterocycles. The molecule has 4 rings (SSSR count). The van der Waals surface area contributed by atoms with E-state index in [1.165, 1.54) is 12.1 Å². The van der Waals surface area contributed by atoms with Gasteiger partial charge in [-0.1, -0.05) is 65.7 Å². The van der Waals surface area contributed by atoms with Gasteiger partial charge in [-0.15, -0.1) is 0 Å². The zero-order chi connectivity index (χ0) is 25.6. The summed E-state index contributed by atoms with van der Waals surface area (Å²) in [7, 11) is -5.23. The molecule has 0 N–H and O–H groups in total. The fourth-order valence-electron chi connectivity index (χ4n) is 3.66. The van der Waals surface area contributed by atoms with Gasteiger partial charge in [0.25, 0.3) is 10.1 Å². The Kier molecular flexibility index (Phi) is 8.41. The van der Waals surface area contributed by atoms with E-state index in [0.717, 1.165) is 21.6 Å². The highest BCUT2D eigenvalue weighted by molar-refractivity contribution is 7.86. The smallest absolute Gasteiger partial charge is 0.297 e. The Morgan fingerprint density at radius 1 is 0.917 bits per heavy atom. The second kappa shape index (κ2) is 11.5. The van der Waals surface area contributed by atoms with Gasteiger partial charge >= 0.3 is 0 Å². The molecule has 0 saturated heterocycles. The zero-order valence-electron chi connectivity index (χ0n) is 20.4. The van der Waals surface area contributed by atoms with Crippen LogP contribution in [-0.2, 0) is 41.2 Å². The first-order valence-corrected chi connectivity index (χ1v) is 14.4. The van der Waals surface area contributed by atoms with Gasteiger partial charge in [0.1, 0.15) is 18.0 Å². The van der Waals surface area contributed by atoms with Crippen LogP contribution in [-0.4, -0.2) is 37.2 Å². The summed E-state index contributed by atoms with van der Waals surface area (Å²) in [6.07, 6.45) is 2.19. The van der Waals surface area contributed by atoms with Gasteiger partial charge in [0, 0.05) is 11.3 Å². The highest BCUT2D eigenvalue weighted by Gasteiger charge is 2.37. The Morgan fingerprint density at radius 3 is 2.17 bits per heavy atom. The van der Waals surface area contributed by atoms with E-state index in [9.17, 15) is 12.6 Å². The van der Waals surface area contributed by atoms with Crippen molar-refractivity contribution in [3.63, 3.8) is 0 Å². The Balaban J connectivity index is 1.47. The van der Waals surface area contributed by atoms with Crippen molar-refractivity contribution in [1.29, 1.82) is 0 Å². The van der Waals surface area contributed by atoms with Crippen LogP contribution in [0, 0.1) is 13.8 Å². The monoisotopic (exact) mass is 526 g/mol. The van der Waals surface area contributed by atoms with Crippen LogP contribution in [0.25, 0.3) is 0 Å². The van der Waals surface area contributed by atoms with Crippen LogP contribution in [0.3, 0.4) is 0 Å². The lowest BCUT2D eigenvalue weighted by Gasteiger charge is -2.36. The zero-order valence-corrected chi connectivity index (χ0v) is 22.0. The maximum absolute atomic E-state index is 12.8. The quantitative estimate of drug-likeness (QED) is 0.343. The molecule has 0 radical (unpaired) electrons. The summed E-state index contributed by atoms with van der Waals surface area (Å²) in [5.41, 5.74) is 2.00. The summed E-state index contributed by atoms with van der Waals surface area (Å²) < 4.78 is 56.1. The third kappa shape index (κ3) is 6.91. The van der Waals surface area contributed by atoms with E-state index in [1.807, 2.05) is 74.5 Å². The first-order valence-electron chi connectivity index (χ1n) is 11.7. The molecule has 0 saturated carbocycles. The molecule has 0 fully saturated rings. The molecule has 0 amide bonds. The van der Waals surface area contributed by atoms with E-state index in [-0.39, 0.29) is 30.5 Å². The highest BCUT2D eigenvalue weighted by atomic mass is 32.2. The van der Waals surface area contributed by atoms with Crippen LogP contribution >= 0.6 is 0 Å². The van der Waals surface area contributed by atoms with Crippen LogP contribution < -0.4 is 0 Å². The predicted octanol–water partition coefficient (Wildman–Crippen LogP) is 5.08. The summed E-state index contributed by atoms with van der Waals surface area (Å²) in [4.78, 5) is 0.822. The van der Waals surface area contributed by atoms with Gasteiger partial charge in [-0.25, -0.2) is 0 Å². The Morgan fingerprint density at radius 2 is 1.56 bits per heavy atom. The van der Waals surface area contributed by atoms with E-state index >= 15 is 0 Å². The summed E-state index contributed by atoms with van der Waals surface area (Å²) in [6.45, 7) is 4.02. The molecule has 6 nitrogen and oxygen atoms in total. The van der Waals surface area contributed by atoms with E-state index in [2.05, 4.69) is 0 Å². The molecule has 1 heterocycles. The van der Waals surface area contributed by atoms with Gasteiger partial charge in [-0.2, -0.15) is 8.42 Å². The number of hydrogen-bond acceptors (Lipinski definition) is 6. The fourth-order valence-corrected chi connectivity index (χ4v) is 5.70. The van der Waals surface area contributed by atoms with Gasteiger partial charge in [0.05, 0.1) is 34.7 Å². The molecule has 3 aromatic rings. The molecule has 2 atom stereocenters. The second-order valence-electron chi connectivity index (χ2n) is 8.95. The number of ether oxygens (including phenoxy) is 2. The molecular formula is C28H30O6S2. The third-order valence-electron chi connectivity index (χ3n) is 5.95. The van der Waals surface area contributed by atoms with Crippen molar-refractivity contribution < 1.29 is 26.3 Å². The molecular weight excluding hydrogens is 496 g/mol. The molecule has 0 spiro atoms. The second-order valence-corrected chi connectivity index (χ2v) is 12.0. The first-order chi connectivity index (χ1) is 17.2. The van der Waals surface area contributed by atoms with Crippen molar-refractivity contribution in [2.24, 2.45) is 0 Å². The van der Waals surface area contributed by atoms with E-state index in [1.54, 1.807) is 12.1 Å². The Bertz CT molecular complexity index is 1320. The lowest BCUT2D eigenvalue weighted by atomic mass is 9.99. The third-order valence-corrected chi connectivity index (χ3v) is 8.58. The minimum atomic E-state index is -3.97. The molecule has 0 unspecified atom stereocenters. The molecule has 3 aromatic carbocycles. The predicted molar refractivity (Wildman–Crippen MR) is 139 cm³/mol. The molecule has 0 aliphatic carbocycles. The number of hydrogen-bond donors (Lipinski definition) is 0. The maximum Gasteiger partial charge on any atom is 0.297 e. The summed E-state index contributed by atoms with van der Waals surface area (Å²) in [6, 6.07) is 23.7. The Hall–Kier alpha value is -2.78. The van der Waals surface area contributed by atoms with Crippen molar-refractivity contribution >= 4 is 20.9 Å². The maximum atomic E-state index is 12.8. The molecule has 0 aromatic heterocycles. The van der Waals surface area contributed by atoms with Crippen molar-refractivity contribution in [3.05, 3.63) is 107 Å². The van der Waals surface area contributed by atoms with Crippen LogP contribution in [0.15, 0.2) is 100 Å². The molecule has 0 bridgehead atoms. The molecule has 1 aliphatic rings. The number of benzene rings is 3. The van der Waals surface area contributed by atoms with Gasteiger partial charge in [-0.3, -0.25) is 8.39 Å². The summed E-state index contributed by atoms with van der Waals surface area (Å²) >= 11 is 0. The Labute approximate surface area is 215 Å². The van der Waals surface area contributed by atoms with Crippen LogP contribution in [0.5, 0.6) is 0 Å². The van der Waals surface area contributed by atoms with Crippen molar-refractivity contribution in [3.8, 4) is 0 Å². The van der Waals surface area contributed by atoms with Gasteiger partial charge in [0.15, 0.2) is 0 Å². The number of aryl methyl sites for hydroxylation is 2. The minimum absolute atomic E-state index is 0.0835. The lowest BCUT2D eigenvalue weighted by Crippen LogP contribution is -2.45. The average molecular weight is 527 g/mol. The van der Waals surface area contributed by atoms with Crippen LogP contribution in [0.1, 0.15) is 23.1 Å². The fraction of sp³-hybridized carbons (Fsp3) is 0.286. The molecule has 8 heteroatoms. The van der Waals surface area contributed by atoms with Crippen LogP contribution in [0.4, 0.5) is 0 Å².